The Morgan fingerprint density at radius 2 is 2.31 bits per heavy atom. The summed E-state index contributed by atoms with van der Waals surface area (Å²) in [7, 11) is 3.44. The lowest BCUT2D eigenvalue weighted by Crippen LogP contribution is -2.27. The SMILES string of the molecule is CCC(C)SP(=S)(NC)N(C)C(=O)CC#N. The molecule has 0 bridgehead atoms. The van der Waals surface area contributed by atoms with Gasteiger partial charge in [0.05, 0.1) is 6.07 Å². The summed E-state index contributed by atoms with van der Waals surface area (Å²) in [5.74, 6) is -0.212. The zero-order valence-electron chi connectivity index (χ0n) is 10.1. The number of amides is 1. The number of hydrogen-bond donors (Lipinski definition) is 1. The molecular weight excluding hydrogens is 261 g/mol. The van der Waals surface area contributed by atoms with Crippen LogP contribution in [0.4, 0.5) is 0 Å². The number of hydrogen-bond acceptors (Lipinski definition) is 4. The normalized spacial score (nSPS) is 15.9. The predicted octanol–water partition coefficient (Wildman–Crippen LogP) is 2.33. The van der Waals surface area contributed by atoms with Crippen LogP contribution in [0.25, 0.3) is 0 Å². The standard InChI is InChI=1S/C9H18N3OPS2/c1-5-8(2)16-14(15,11-3)12(4)9(13)6-7-10/h8H,5-6H2,1-4H3,(H,11,15). The van der Waals surface area contributed by atoms with E-state index in [9.17, 15) is 4.79 Å². The number of carbonyl (C=O) groups excluding carboxylic acids is 1. The molecule has 92 valence electrons. The molecule has 2 unspecified atom stereocenters. The van der Waals surface area contributed by atoms with E-state index in [1.165, 1.54) is 4.67 Å². The maximum atomic E-state index is 11.6. The third-order valence-electron chi connectivity index (χ3n) is 2.17. The second kappa shape index (κ2) is 7.29. The fourth-order valence-corrected chi connectivity index (χ4v) is 6.99. The summed E-state index contributed by atoms with van der Waals surface area (Å²) in [5.41, 5.74) is -2.12. The van der Waals surface area contributed by atoms with Crippen molar-refractivity contribution in [3.8, 4) is 6.07 Å². The summed E-state index contributed by atoms with van der Waals surface area (Å²) in [6, 6.07) is 1.86. The number of nitriles is 1. The molecule has 0 rings (SSSR count). The highest BCUT2D eigenvalue weighted by Gasteiger charge is 2.27. The molecule has 0 aliphatic heterocycles. The molecule has 0 aliphatic carbocycles. The molecule has 0 saturated heterocycles. The molecule has 0 aliphatic rings. The van der Waals surface area contributed by atoms with Crippen LogP contribution in [0.15, 0.2) is 0 Å². The fourth-order valence-electron chi connectivity index (χ4n) is 0.921. The Kier molecular flexibility index (Phi) is 7.25. The lowest BCUT2D eigenvalue weighted by atomic mass is 10.4. The Bertz CT molecular complexity index is 329. The zero-order chi connectivity index (χ0) is 12.8. The van der Waals surface area contributed by atoms with E-state index in [0.29, 0.717) is 5.25 Å². The molecule has 0 aromatic rings. The minimum absolute atomic E-state index is 0.113. The molecular formula is C9H18N3OPS2. The van der Waals surface area contributed by atoms with Crippen molar-refractivity contribution in [1.29, 1.82) is 5.26 Å². The van der Waals surface area contributed by atoms with Gasteiger partial charge in [-0.15, -0.1) is 0 Å². The van der Waals surface area contributed by atoms with Crippen LogP contribution in [0.5, 0.6) is 0 Å². The zero-order valence-corrected chi connectivity index (χ0v) is 12.6. The van der Waals surface area contributed by atoms with Crippen LogP contribution in [-0.2, 0) is 16.6 Å². The first-order chi connectivity index (χ1) is 7.41. The molecule has 0 aromatic carbocycles. The van der Waals surface area contributed by atoms with Crippen molar-refractivity contribution in [3.63, 3.8) is 0 Å². The van der Waals surface area contributed by atoms with Gasteiger partial charge in [-0.05, 0) is 25.3 Å². The summed E-state index contributed by atoms with van der Waals surface area (Å²) in [5, 5.41) is 12.0. The summed E-state index contributed by atoms with van der Waals surface area (Å²) in [6.45, 7) is 4.18. The maximum Gasteiger partial charge on any atom is 0.241 e. The lowest BCUT2D eigenvalue weighted by Gasteiger charge is -2.32. The van der Waals surface area contributed by atoms with E-state index >= 15 is 0 Å². The van der Waals surface area contributed by atoms with Crippen LogP contribution in [0.3, 0.4) is 0 Å². The Balaban J connectivity index is 4.76. The second-order valence-electron chi connectivity index (χ2n) is 3.32. The molecule has 1 amide bonds. The number of rotatable bonds is 6. The Morgan fingerprint density at radius 1 is 1.75 bits per heavy atom. The van der Waals surface area contributed by atoms with Crippen LogP contribution < -0.4 is 5.09 Å². The van der Waals surface area contributed by atoms with Gasteiger partial charge in [-0.3, -0.25) is 14.6 Å². The van der Waals surface area contributed by atoms with E-state index in [0.717, 1.165) is 6.42 Å². The van der Waals surface area contributed by atoms with Crippen molar-refractivity contribution in [2.24, 2.45) is 0 Å². The molecule has 0 aromatic heterocycles. The van der Waals surface area contributed by atoms with Crippen molar-refractivity contribution in [1.82, 2.24) is 9.76 Å². The van der Waals surface area contributed by atoms with E-state index in [4.69, 9.17) is 17.1 Å². The van der Waals surface area contributed by atoms with Crippen molar-refractivity contribution in [2.75, 3.05) is 14.1 Å². The van der Waals surface area contributed by atoms with Gasteiger partial charge in [0, 0.05) is 12.3 Å². The minimum Gasteiger partial charge on any atom is -0.297 e. The van der Waals surface area contributed by atoms with Crippen LogP contribution in [-0.4, -0.2) is 29.9 Å². The van der Waals surface area contributed by atoms with Crippen LogP contribution >= 0.6 is 16.9 Å². The summed E-state index contributed by atoms with van der Waals surface area (Å²) in [4.78, 5) is 11.6. The number of nitrogens with zero attached hydrogens (tertiary/aromatic N) is 2. The highest BCUT2D eigenvalue weighted by atomic mass is 32.9. The van der Waals surface area contributed by atoms with E-state index < -0.39 is 5.54 Å². The van der Waals surface area contributed by atoms with Gasteiger partial charge in [-0.2, -0.15) is 5.26 Å². The summed E-state index contributed by atoms with van der Waals surface area (Å²) >= 11 is 7.14. The highest BCUT2D eigenvalue weighted by Crippen LogP contribution is 2.59. The van der Waals surface area contributed by atoms with Crippen molar-refractivity contribution >= 4 is 34.6 Å². The Hall–Kier alpha value is -0.0800. The van der Waals surface area contributed by atoms with Gasteiger partial charge in [-0.1, -0.05) is 25.2 Å². The lowest BCUT2D eigenvalue weighted by molar-refractivity contribution is -0.124. The van der Waals surface area contributed by atoms with Gasteiger partial charge >= 0.3 is 0 Å². The molecule has 1 N–H and O–H groups in total. The monoisotopic (exact) mass is 279 g/mol. The van der Waals surface area contributed by atoms with Gasteiger partial charge in [-0.25, -0.2) is 0 Å². The van der Waals surface area contributed by atoms with Crippen LogP contribution in [0.2, 0.25) is 0 Å². The average Bonchev–Trinajstić information content (AvgIpc) is 2.27. The first-order valence-corrected chi connectivity index (χ1v) is 9.26. The topological polar surface area (TPSA) is 56.1 Å². The van der Waals surface area contributed by atoms with E-state index in [1.54, 1.807) is 25.5 Å². The number of nitrogens with one attached hydrogen (secondary N) is 1. The summed E-state index contributed by atoms with van der Waals surface area (Å²) in [6.07, 6.45) is 0.892. The third kappa shape index (κ3) is 4.42. The maximum absolute atomic E-state index is 11.6. The minimum atomic E-state index is -2.12. The molecule has 7 heteroatoms. The van der Waals surface area contributed by atoms with Crippen molar-refractivity contribution in [2.45, 2.75) is 31.9 Å². The van der Waals surface area contributed by atoms with Crippen molar-refractivity contribution < 1.29 is 4.79 Å². The molecule has 0 spiro atoms. The molecule has 0 heterocycles. The van der Waals surface area contributed by atoms with Gasteiger partial charge in [0.25, 0.3) is 0 Å². The Labute approximate surface area is 107 Å². The molecule has 0 fully saturated rings. The highest BCUT2D eigenvalue weighted by molar-refractivity contribution is 8.69. The smallest absolute Gasteiger partial charge is 0.241 e. The van der Waals surface area contributed by atoms with E-state index in [2.05, 4.69) is 18.9 Å². The quantitative estimate of drug-likeness (QED) is 0.756. The van der Waals surface area contributed by atoms with Gasteiger partial charge in [0.1, 0.15) is 6.42 Å². The van der Waals surface area contributed by atoms with Crippen molar-refractivity contribution in [3.05, 3.63) is 0 Å². The van der Waals surface area contributed by atoms with Crippen LogP contribution in [0, 0.1) is 11.3 Å². The fraction of sp³-hybridized carbons (Fsp3) is 0.778. The van der Waals surface area contributed by atoms with Gasteiger partial charge < -0.3 is 0 Å². The third-order valence-corrected chi connectivity index (χ3v) is 10.0. The van der Waals surface area contributed by atoms with Gasteiger partial charge in [0.15, 0.2) is 5.54 Å². The molecule has 2 atom stereocenters. The molecule has 0 radical (unpaired) electrons. The predicted molar refractivity (Wildman–Crippen MR) is 73.7 cm³/mol. The van der Waals surface area contributed by atoms with Gasteiger partial charge in [0.2, 0.25) is 5.91 Å². The number of carbonyl (C=O) groups is 1. The van der Waals surface area contributed by atoms with E-state index in [1.807, 2.05) is 6.07 Å². The molecule has 16 heavy (non-hydrogen) atoms. The summed E-state index contributed by atoms with van der Waals surface area (Å²) < 4.78 is 1.53. The first kappa shape index (κ1) is 15.9. The van der Waals surface area contributed by atoms with Crippen LogP contribution in [0.1, 0.15) is 26.7 Å². The average molecular weight is 279 g/mol. The largest absolute Gasteiger partial charge is 0.297 e. The Morgan fingerprint density at radius 3 is 2.69 bits per heavy atom. The molecule has 0 saturated carbocycles. The molecule has 4 nitrogen and oxygen atoms in total. The second-order valence-corrected chi connectivity index (χ2v) is 10.9. The first-order valence-electron chi connectivity index (χ1n) is 5.02. The van der Waals surface area contributed by atoms with E-state index in [-0.39, 0.29) is 12.3 Å².